The van der Waals surface area contributed by atoms with Crippen LogP contribution in [-0.4, -0.2) is 85.3 Å². The molecule has 2 fully saturated rings. The maximum absolute atomic E-state index is 13.8. The van der Waals surface area contributed by atoms with Gasteiger partial charge in [0.25, 0.3) is 0 Å². The van der Waals surface area contributed by atoms with Crippen molar-refractivity contribution in [2.24, 2.45) is 34.0 Å². The Balaban J connectivity index is 1.62. The predicted octanol–water partition coefficient (Wildman–Crippen LogP) is 3.72. The second-order valence-corrected chi connectivity index (χ2v) is 17.1. The predicted molar refractivity (Wildman–Crippen MR) is 172 cm³/mol. The molecule has 254 valence electrons. The lowest BCUT2D eigenvalue weighted by Gasteiger charge is -2.34. The first-order valence-electron chi connectivity index (χ1n) is 15.6. The number of nitrogens with zero attached hydrogens (tertiary/aromatic N) is 4. The molecule has 15 heteroatoms. The Morgan fingerprint density at radius 2 is 1.15 bits per heavy atom. The van der Waals surface area contributed by atoms with Crippen molar-refractivity contribution in [1.82, 2.24) is 8.61 Å². The van der Waals surface area contributed by atoms with Gasteiger partial charge in [0.2, 0.25) is 20.0 Å². The van der Waals surface area contributed by atoms with Gasteiger partial charge >= 0.3 is 11.9 Å². The highest BCUT2D eigenvalue weighted by atomic mass is 32.2. The summed E-state index contributed by atoms with van der Waals surface area (Å²) in [7, 11) is -7.94. The average molecular weight is 689 g/mol. The Morgan fingerprint density at radius 1 is 0.723 bits per heavy atom. The minimum absolute atomic E-state index is 0.0550. The number of carboxylic acid groups (broad SMARTS) is 1. The molecule has 2 heterocycles. The molecule has 0 spiro atoms. The smallest absolute Gasteiger partial charge is 0.335 e. The SMILES string of the molecule is C[C@@H]1C[C@H](C)CN(S(=O)(=O)c2ccc3c(c2)C(=NO)c2cc(S(=O)(=O)N4C[C@H](C)C[C@H](C)C4)ccc2C3=NOC(=O)CCC(=O)O)C1. The molecule has 2 aliphatic heterocycles. The molecule has 13 nitrogen and oxygen atoms in total. The quantitative estimate of drug-likeness (QED) is 0.202. The summed E-state index contributed by atoms with van der Waals surface area (Å²) in [4.78, 5) is 28.2. The first-order chi connectivity index (χ1) is 22.1. The van der Waals surface area contributed by atoms with E-state index in [2.05, 4.69) is 10.3 Å². The highest BCUT2D eigenvalue weighted by Crippen LogP contribution is 2.35. The van der Waals surface area contributed by atoms with Crippen LogP contribution in [0.15, 0.2) is 56.5 Å². The molecule has 0 radical (unpaired) electrons. The van der Waals surface area contributed by atoms with Crippen LogP contribution in [0.1, 0.15) is 75.6 Å². The van der Waals surface area contributed by atoms with Gasteiger partial charge in [-0.2, -0.15) is 8.61 Å². The van der Waals surface area contributed by atoms with E-state index in [1.807, 2.05) is 27.7 Å². The molecule has 0 unspecified atom stereocenters. The third kappa shape index (κ3) is 7.12. The number of carbonyl (C=O) groups is 2. The third-order valence-corrected chi connectivity index (χ3v) is 12.5. The number of benzene rings is 2. The van der Waals surface area contributed by atoms with Gasteiger partial charge in [-0.1, -0.05) is 50.1 Å². The molecule has 0 saturated carbocycles. The molecule has 47 heavy (non-hydrogen) atoms. The number of piperidine rings is 2. The van der Waals surface area contributed by atoms with Crippen molar-refractivity contribution in [2.75, 3.05) is 26.2 Å². The molecule has 2 aromatic rings. The molecule has 0 bridgehead atoms. The summed E-state index contributed by atoms with van der Waals surface area (Å²) < 4.78 is 58.2. The number of fused-ring (bicyclic) bond motifs is 2. The summed E-state index contributed by atoms with van der Waals surface area (Å²) in [6.07, 6.45) is 0.893. The molecule has 2 N–H and O–H groups in total. The molecule has 0 aromatic heterocycles. The van der Waals surface area contributed by atoms with Crippen LogP contribution in [-0.2, 0) is 34.5 Å². The fraction of sp³-hybridized carbons (Fsp3) is 0.500. The van der Waals surface area contributed by atoms with Crippen LogP contribution in [0.5, 0.6) is 0 Å². The summed E-state index contributed by atoms with van der Waals surface area (Å²) in [5.41, 5.74) is 0.777. The van der Waals surface area contributed by atoms with Crippen molar-refractivity contribution in [3.63, 3.8) is 0 Å². The van der Waals surface area contributed by atoms with E-state index < -0.39 is 44.8 Å². The van der Waals surface area contributed by atoms with Crippen molar-refractivity contribution in [3.05, 3.63) is 58.7 Å². The summed E-state index contributed by atoms with van der Waals surface area (Å²) in [5.74, 6) is -1.46. The van der Waals surface area contributed by atoms with Gasteiger partial charge < -0.3 is 15.2 Å². The van der Waals surface area contributed by atoms with Gasteiger partial charge in [-0.05, 0) is 60.8 Å². The number of carboxylic acids is 1. The monoisotopic (exact) mass is 688 g/mol. The normalized spacial score (nSPS) is 23.8. The second kappa shape index (κ2) is 13.5. The second-order valence-electron chi connectivity index (χ2n) is 13.2. The fourth-order valence-electron chi connectivity index (χ4n) is 6.92. The molecule has 2 aromatic carbocycles. The van der Waals surface area contributed by atoms with Gasteiger partial charge in [-0.15, -0.1) is 0 Å². The maximum Gasteiger partial charge on any atom is 0.335 e. The minimum atomic E-state index is -3.97. The standard InChI is InChI=1S/C32H40N4O9S2/c1-19-11-20(2)16-35(15-19)46(41,42)23-5-7-25-27(13-23)31(33-40)28-14-24(47(43,44)36-17-21(3)12-22(4)18-36)6-8-26(28)32(25)34-45-30(39)10-9-29(37)38/h5-8,13-14,19-22,40H,9-12,15-18H2,1-4H3,(H,37,38)/t19-,20+,21-,22+. The Morgan fingerprint density at radius 3 is 1.53 bits per heavy atom. The Kier molecular flexibility index (Phi) is 9.92. The van der Waals surface area contributed by atoms with Crippen LogP contribution < -0.4 is 0 Å². The Hall–Kier alpha value is -3.66. The Labute approximate surface area is 275 Å². The van der Waals surface area contributed by atoms with E-state index in [-0.39, 0.29) is 67.1 Å². The topological polar surface area (TPSA) is 183 Å². The van der Waals surface area contributed by atoms with Crippen LogP contribution in [0.3, 0.4) is 0 Å². The first kappa shape index (κ1) is 34.7. The fourth-order valence-corrected chi connectivity index (χ4v) is 10.3. The largest absolute Gasteiger partial charge is 0.481 e. The van der Waals surface area contributed by atoms with Crippen LogP contribution in [0.4, 0.5) is 0 Å². The summed E-state index contributed by atoms with van der Waals surface area (Å²) in [6, 6.07) is 8.44. The van der Waals surface area contributed by atoms with Crippen molar-refractivity contribution < 1.29 is 41.6 Å². The zero-order valence-corrected chi connectivity index (χ0v) is 28.4. The molecule has 5 rings (SSSR count). The maximum atomic E-state index is 13.8. The third-order valence-electron chi connectivity index (χ3n) is 8.83. The number of rotatable bonds is 8. The van der Waals surface area contributed by atoms with Gasteiger partial charge in [0, 0.05) is 48.4 Å². The molecule has 4 atom stereocenters. The van der Waals surface area contributed by atoms with Gasteiger partial charge in [0.15, 0.2) is 0 Å². The number of sulfonamides is 2. The number of aliphatic carboxylic acids is 1. The highest BCUT2D eigenvalue weighted by Gasteiger charge is 2.37. The van der Waals surface area contributed by atoms with Crippen molar-refractivity contribution in [1.29, 1.82) is 0 Å². The molecule has 1 aliphatic carbocycles. The zero-order chi connectivity index (χ0) is 34.3. The van der Waals surface area contributed by atoms with Gasteiger partial charge in [0.1, 0.15) is 11.4 Å². The number of hydrogen-bond acceptors (Lipinski definition) is 10. The first-order valence-corrected chi connectivity index (χ1v) is 18.5. The number of oxime groups is 2. The molecule has 0 amide bonds. The van der Waals surface area contributed by atoms with E-state index in [0.717, 1.165) is 12.8 Å². The van der Waals surface area contributed by atoms with Crippen molar-refractivity contribution in [2.45, 2.75) is 63.2 Å². The van der Waals surface area contributed by atoms with Crippen molar-refractivity contribution >= 4 is 43.4 Å². The van der Waals surface area contributed by atoms with E-state index in [0.29, 0.717) is 26.2 Å². The highest BCUT2D eigenvalue weighted by molar-refractivity contribution is 7.89. The lowest BCUT2D eigenvalue weighted by molar-refractivity contribution is -0.147. The van der Waals surface area contributed by atoms with Gasteiger partial charge in [-0.25, -0.2) is 21.6 Å². The van der Waals surface area contributed by atoms with Crippen LogP contribution in [0, 0.1) is 23.7 Å². The Bertz CT molecular complexity index is 1730. The van der Waals surface area contributed by atoms with Gasteiger partial charge in [0.05, 0.1) is 22.6 Å². The van der Waals surface area contributed by atoms with E-state index in [1.165, 1.54) is 45.0 Å². The number of carbonyl (C=O) groups excluding carboxylic acids is 1. The van der Waals surface area contributed by atoms with E-state index in [1.54, 1.807) is 0 Å². The van der Waals surface area contributed by atoms with Crippen molar-refractivity contribution in [3.8, 4) is 0 Å². The molecular formula is C32H40N4O9S2. The zero-order valence-electron chi connectivity index (χ0n) is 26.8. The summed E-state index contributed by atoms with van der Waals surface area (Å²) in [6.45, 7) is 9.38. The lowest BCUT2D eigenvalue weighted by Crippen LogP contribution is -2.42. The van der Waals surface area contributed by atoms with Crippen LogP contribution in [0.25, 0.3) is 0 Å². The summed E-state index contributed by atoms with van der Waals surface area (Å²) >= 11 is 0. The van der Waals surface area contributed by atoms with E-state index >= 15 is 0 Å². The minimum Gasteiger partial charge on any atom is -0.481 e. The average Bonchev–Trinajstić information content (AvgIpc) is 3.00. The van der Waals surface area contributed by atoms with E-state index in [9.17, 15) is 31.6 Å². The molecule has 2 saturated heterocycles. The van der Waals surface area contributed by atoms with Crippen LogP contribution in [0.2, 0.25) is 0 Å². The van der Waals surface area contributed by atoms with E-state index in [4.69, 9.17) is 9.94 Å². The lowest BCUT2D eigenvalue weighted by atomic mass is 9.83. The molecule has 3 aliphatic rings. The molecular weight excluding hydrogens is 649 g/mol. The van der Waals surface area contributed by atoms with Gasteiger partial charge in [-0.3, -0.25) is 4.79 Å². The number of hydrogen-bond donors (Lipinski definition) is 2. The van der Waals surface area contributed by atoms with Crippen LogP contribution >= 0.6 is 0 Å². The summed E-state index contributed by atoms with van der Waals surface area (Å²) in [5, 5.41) is 26.8.